The summed E-state index contributed by atoms with van der Waals surface area (Å²) in [5.41, 5.74) is 1.59. The third kappa shape index (κ3) is 5.89. The molecule has 1 amide bonds. The van der Waals surface area contributed by atoms with Crippen LogP contribution in [0.5, 0.6) is 5.75 Å². The zero-order valence-electron chi connectivity index (χ0n) is 14.2. The van der Waals surface area contributed by atoms with Gasteiger partial charge in [0.25, 0.3) is 11.1 Å². The number of ether oxygens (including phenoxy) is 1. The number of benzene rings is 2. The molecule has 1 aromatic heterocycles. The Kier molecular flexibility index (Phi) is 6.60. The lowest BCUT2D eigenvalue weighted by molar-refractivity contribution is -0.113. The van der Waals surface area contributed by atoms with E-state index in [9.17, 15) is 4.79 Å². The fraction of sp³-hybridized carbons (Fsp3) is 0.167. The van der Waals surface area contributed by atoms with Gasteiger partial charge in [-0.05, 0) is 42.8 Å². The van der Waals surface area contributed by atoms with E-state index in [-0.39, 0.29) is 23.5 Å². The number of aromatic nitrogens is 2. The number of thioether (sulfide) groups is 1. The number of carbonyl (C=O) groups excluding carboxylic acids is 1. The first-order valence-corrected chi connectivity index (χ1v) is 9.63. The molecule has 0 unspecified atom stereocenters. The summed E-state index contributed by atoms with van der Waals surface area (Å²) < 4.78 is 11.1. The predicted octanol–water partition coefficient (Wildman–Crippen LogP) is 4.99. The maximum absolute atomic E-state index is 12.0. The van der Waals surface area contributed by atoms with Gasteiger partial charge < -0.3 is 14.5 Å². The van der Waals surface area contributed by atoms with Crippen LogP contribution in [0.1, 0.15) is 11.5 Å². The van der Waals surface area contributed by atoms with Crippen molar-refractivity contribution in [1.82, 2.24) is 10.2 Å². The summed E-state index contributed by atoms with van der Waals surface area (Å²) in [6, 6.07) is 12.5. The molecule has 1 N–H and O–H groups in total. The number of hydrogen-bond acceptors (Lipinski definition) is 6. The first kappa shape index (κ1) is 19.5. The topological polar surface area (TPSA) is 77.2 Å². The first-order chi connectivity index (χ1) is 13.0. The van der Waals surface area contributed by atoms with Crippen molar-refractivity contribution in [2.45, 2.75) is 18.8 Å². The molecule has 0 bridgehead atoms. The smallest absolute Gasteiger partial charge is 0.277 e. The van der Waals surface area contributed by atoms with Crippen LogP contribution in [0.4, 0.5) is 5.69 Å². The molecule has 0 fully saturated rings. The van der Waals surface area contributed by atoms with Crippen molar-refractivity contribution in [2.24, 2.45) is 0 Å². The van der Waals surface area contributed by atoms with Crippen molar-refractivity contribution in [3.05, 3.63) is 64.0 Å². The SMILES string of the molecule is Cc1cccc(OCc2nnc(SCC(=O)Nc3ccc(Cl)cc3Cl)o2)c1. The van der Waals surface area contributed by atoms with E-state index < -0.39 is 0 Å². The summed E-state index contributed by atoms with van der Waals surface area (Å²) in [5, 5.41) is 11.7. The molecule has 6 nitrogen and oxygen atoms in total. The lowest BCUT2D eigenvalue weighted by Crippen LogP contribution is -2.14. The highest BCUT2D eigenvalue weighted by Crippen LogP contribution is 2.26. The molecule has 3 rings (SSSR count). The number of carbonyl (C=O) groups is 1. The molecule has 0 spiro atoms. The van der Waals surface area contributed by atoms with Crippen molar-refractivity contribution in [2.75, 3.05) is 11.1 Å². The van der Waals surface area contributed by atoms with Crippen LogP contribution in [-0.4, -0.2) is 21.9 Å². The number of aryl methyl sites for hydroxylation is 1. The first-order valence-electron chi connectivity index (χ1n) is 7.89. The second-order valence-electron chi connectivity index (χ2n) is 5.53. The van der Waals surface area contributed by atoms with Crippen molar-refractivity contribution in [1.29, 1.82) is 0 Å². The molecule has 3 aromatic rings. The van der Waals surface area contributed by atoms with Crippen LogP contribution in [0.2, 0.25) is 10.0 Å². The molecule has 1 heterocycles. The summed E-state index contributed by atoms with van der Waals surface area (Å²) in [4.78, 5) is 12.0. The Morgan fingerprint density at radius 3 is 2.85 bits per heavy atom. The Bertz CT molecular complexity index is 949. The lowest BCUT2D eigenvalue weighted by Gasteiger charge is -2.06. The van der Waals surface area contributed by atoms with Gasteiger partial charge in [-0.3, -0.25) is 4.79 Å². The monoisotopic (exact) mass is 423 g/mol. The molecule has 0 saturated carbocycles. The van der Waals surface area contributed by atoms with E-state index in [0.717, 1.165) is 23.1 Å². The minimum Gasteiger partial charge on any atom is -0.484 e. The normalized spacial score (nSPS) is 10.6. The fourth-order valence-corrected chi connectivity index (χ4v) is 3.15. The van der Waals surface area contributed by atoms with Gasteiger partial charge in [0.2, 0.25) is 5.91 Å². The summed E-state index contributed by atoms with van der Waals surface area (Å²) in [7, 11) is 0. The molecule has 0 saturated heterocycles. The molecule has 0 aliphatic rings. The maximum atomic E-state index is 12.0. The molecule has 0 atom stereocenters. The largest absolute Gasteiger partial charge is 0.484 e. The number of amides is 1. The number of nitrogens with zero attached hydrogens (tertiary/aromatic N) is 2. The fourth-order valence-electron chi connectivity index (χ4n) is 2.11. The molecular formula is C18H15Cl2N3O3S. The van der Waals surface area contributed by atoms with Crippen molar-refractivity contribution < 1.29 is 13.9 Å². The van der Waals surface area contributed by atoms with E-state index in [4.69, 9.17) is 32.4 Å². The molecule has 0 aliphatic carbocycles. The molecule has 9 heteroatoms. The van der Waals surface area contributed by atoms with Crippen LogP contribution in [0, 0.1) is 6.92 Å². The summed E-state index contributed by atoms with van der Waals surface area (Å²) >= 11 is 13.0. The maximum Gasteiger partial charge on any atom is 0.277 e. The van der Waals surface area contributed by atoms with Crippen molar-refractivity contribution in [3.63, 3.8) is 0 Å². The Balaban J connectivity index is 1.48. The Labute approximate surface area is 170 Å². The van der Waals surface area contributed by atoms with Crippen LogP contribution in [0.25, 0.3) is 0 Å². The van der Waals surface area contributed by atoms with E-state index in [1.807, 2.05) is 31.2 Å². The molecule has 0 aliphatic heterocycles. The number of halogens is 2. The van der Waals surface area contributed by atoms with E-state index >= 15 is 0 Å². The summed E-state index contributed by atoms with van der Waals surface area (Å²) in [5.74, 6) is 0.904. The Morgan fingerprint density at radius 2 is 2.07 bits per heavy atom. The van der Waals surface area contributed by atoms with Gasteiger partial charge in [0, 0.05) is 5.02 Å². The number of hydrogen-bond donors (Lipinski definition) is 1. The van der Waals surface area contributed by atoms with Crippen LogP contribution in [0.15, 0.2) is 52.1 Å². The van der Waals surface area contributed by atoms with Gasteiger partial charge in [-0.15, -0.1) is 10.2 Å². The highest BCUT2D eigenvalue weighted by Gasteiger charge is 2.12. The minimum atomic E-state index is -0.250. The lowest BCUT2D eigenvalue weighted by atomic mass is 10.2. The van der Waals surface area contributed by atoms with Gasteiger partial charge in [0.1, 0.15) is 5.75 Å². The second-order valence-corrected chi connectivity index (χ2v) is 7.30. The van der Waals surface area contributed by atoms with Crippen molar-refractivity contribution >= 4 is 46.6 Å². The third-order valence-corrected chi connectivity index (χ3v) is 4.70. The van der Waals surface area contributed by atoms with Gasteiger partial charge in [-0.2, -0.15) is 0 Å². The van der Waals surface area contributed by atoms with E-state index in [2.05, 4.69) is 15.5 Å². The molecular weight excluding hydrogens is 409 g/mol. The number of nitrogens with one attached hydrogen (secondary N) is 1. The number of rotatable bonds is 7. The zero-order chi connectivity index (χ0) is 19.2. The summed E-state index contributed by atoms with van der Waals surface area (Å²) in [6.07, 6.45) is 0. The van der Waals surface area contributed by atoms with Gasteiger partial charge in [0.15, 0.2) is 6.61 Å². The van der Waals surface area contributed by atoms with Gasteiger partial charge >= 0.3 is 0 Å². The predicted molar refractivity (Wildman–Crippen MR) is 106 cm³/mol. The van der Waals surface area contributed by atoms with Crippen molar-refractivity contribution in [3.8, 4) is 5.75 Å². The van der Waals surface area contributed by atoms with E-state index in [1.54, 1.807) is 18.2 Å². The van der Waals surface area contributed by atoms with E-state index in [1.165, 1.54) is 0 Å². The number of anilines is 1. The third-order valence-electron chi connectivity index (χ3n) is 3.33. The standard InChI is InChI=1S/C18H15Cl2N3O3S/c1-11-3-2-4-13(7-11)25-9-17-22-23-18(26-17)27-10-16(24)21-15-6-5-12(19)8-14(15)20/h2-8H,9-10H2,1H3,(H,21,24). The molecule has 27 heavy (non-hydrogen) atoms. The molecule has 140 valence electrons. The van der Waals surface area contributed by atoms with Gasteiger partial charge in [0.05, 0.1) is 16.5 Å². The zero-order valence-corrected chi connectivity index (χ0v) is 16.6. The quantitative estimate of drug-likeness (QED) is 0.539. The Hall–Kier alpha value is -2.22. The minimum absolute atomic E-state index is 0.0966. The molecule has 2 aromatic carbocycles. The van der Waals surface area contributed by atoms with Gasteiger partial charge in [-0.25, -0.2) is 0 Å². The Morgan fingerprint density at radius 1 is 1.22 bits per heavy atom. The van der Waals surface area contributed by atoms with Crippen LogP contribution < -0.4 is 10.1 Å². The van der Waals surface area contributed by atoms with Crippen LogP contribution >= 0.6 is 35.0 Å². The van der Waals surface area contributed by atoms with Gasteiger partial charge in [-0.1, -0.05) is 47.1 Å². The van der Waals surface area contributed by atoms with E-state index in [0.29, 0.717) is 21.6 Å². The van der Waals surface area contributed by atoms with Crippen LogP contribution in [-0.2, 0) is 11.4 Å². The molecule has 0 radical (unpaired) electrons. The average Bonchev–Trinajstić information content (AvgIpc) is 3.09. The second kappa shape index (κ2) is 9.12. The average molecular weight is 424 g/mol. The highest BCUT2D eigenvalue weighted by molar-refractivity contribution is 7.99. The summed E-state index contributed by atoms with van der Waals surface area (Å²) in [6.45, 7) is 2.14. The highest BCUT2D eigenvalue weighted by atomic mass is 35.5. The van der Waals surface area contributed by atoms with Crippen LogP contribution in [0.3, 0.4) is 0 Å².